The second kappa shape index (κ2) is 6.11. The minimum Gasteiger partial charge on any atom is -0.381 e. The second-order valence-corrected chi connectivity index (χ2v) is 7.43. The number of ether oxygens (including phenoxy) is 1. The van der Waals surface area contributed by atoms with Gasteiger partial charge in [-0.25, -0.2) is 0 Å². The summed E-state index contributed by atoms with van der Waals surface area (Å²) in [5.74, 6) is 0.776. The standard InChI is InChI=1S/C16H32N2O/c1-12(2)9-13-11-18(8-6-7-17-13)14-10-15(19-5)16(14,3)4/h12-15,17H,6-11H2,1-5H3. The van der Waals surface area contributed by atoms with E-state index in [0.717, 1.165) is 5.92 Å². The molecule has 3 heteroatoms. The van der Waals surface area contributed by atoms with E-state index >= 15 is 0 Å². The van der Waals surface area contributed by atoms with E-state index in [1.807, 2.05) is 7.11 Å². The lowest BCUT2D eigenvalue weighted by atomic mass is 9.63. The normalized spacial score (nSPS) is 36.0. The van der Waals surface area contributed by atoms with E-state index in [4.69, 9.17) is 4.74 Å². The first kappa shape index (κ1) is 15.3. The highest BCUT2D eigenvalue weighted by Crippen LogP contribution is 2.45. The van der Waals surface area contributed by atoms with Crippen molar-refractivity contribution in [1.82, 2.24) is 10.2 Å². The minimum atomic E-state index is 0.307. The molecule has 0 bridgehead atoms. The summed E-state index contributed by atoms with van der Waals surface area (Å²) in [6.45, 7) is 13.0. The molecular weight excluding hydrogens is 236 g/mol. The van der Waals surface area contributed by atoms with Crippen molar-refractivity contribution in [2.45, 2.75) is 65.1 Å². The maximum atomic E-state index is 5.60. The first-order valence-corrected chi connectivity index (χ1v) is 7.95. The van der Waals surface area contributed by atoms with Crippen LogP contribution in [-0.4, -0.2) is 49.8 Å². The molecule has 19 heavy (non-hydrogen) atoms. The molecule has 1 N–H and O–H groups in total. The molecule has 112 valence electrons. The maximum absolute atomic E-state index is 5.60. The van der Waals surface area contributed by atoms with E-state index in [-0.39, 0.29) is 0 Å². The Kier molecular flexibility index (Phi) is 4.91. The Morgan fingerprint density at radius 3 is 2.68 bits per heavy atom. The van der Waals surface area contributed by atoms with Gasteiger partial charge in [0.05, 0.1) is 6.10 Å². The Balaban J connectivity index is 1.95. The number of rotatable bonds is 4. The molecular formula is C16H32N2O. The molecule has 0 aromatic heterocycles. The Bertz CT molecular complexity index is 290. The van der Waals surface area contributed by atoms with E-state index in [0.29, 0.717) is 23.6 Å². The predicted molar refractivity (Wildman–Crippen MR) is 80.4 cm³/mol. The summed E-state index contributed by atoms with van der Waals surface area (Å²) < 4.78 is 5.60. The summed E-state index contributed by atoms with van der Waals surface area (Å²) in [6.07, 6.45) is 4.21. The average molecular weight is 268 g/mol. The van der Waals surface area contributed by atoms with Gasteiger partial charge in [0.2, 0.25) is 0 Å². The molecule has 2 aliphatic rings. The van der Waals surface area contributed by atoms with Crippen molar-refractivity contribution in [2.75, 3.05) is 26.7 Å². The van der Waals surface area contributed by atoms with Crippen LogP contribution in [0.25, 0.3) is 0 Å². The van der Waals surface area contributed by atoms with Crippen LogP contribution in [-0.2, 0) is 4.74 Å². The van der Waals surface area contributed by atoms with Crippen LogP contribution in [0.1, 0.15) is 47.0 Å². The molecule has 2 fully saturated rings. The number of nitrogens with zero attached hydrogens (tertiary/aromatic N) is 1. The van der Waals surface area contributed by atoms with Crippen molar-refractivity contribution < 1.29 is 4.74 Å². The van der Waals surface area contributed by atoms with E-state index in [9.17, 15) is 0 Å². The lowest BCUT2D eigenvalue weighted by Crippen LogP contribution is -2.63. The Morgan fingerprint density at radius 2 is 2.11 bits per heavy atom. The second-order valence-electron chi connectivity index (χ2n) is 7.43. The van der Waals surface area contributed by atoms with Crippen LogP contribution in [0.4, 0.5) is 0 Å². The largest absolute Gasteiger partial charge is 0.381 e. The highest BCUT2D eigenvalue weighted by Gasteiger charge is 2.51. The summed E-state index contributed by atoms with van der Waals surface area (Å²) >= 11 is 0. The van der Waals surface area contributed by atoms with Gasteiger partial charge >= 0.3 is 0 Å². The van der Waals surface area contributed by atoms with Crippen LogP contribution in [0, 0.1) is 11.3 Å². The van der Waals surface area contributed by atoms with Crippen molar-refractivity contribution in [1.29, 1.82) is 0 Å². The van der Waals surface area contributed by atoms with Crippen LogP contribution in [0.5, 0.6) is 0 Å². The Labute approximate surface area is 119 Å². The average Bonchev–Trinajstić information content (AvgIpc) is 2.53. The van der Waals surface area contributed by atoms with Crippen molar-refractivity contribution >= 4 is 0 Å². The zero-order valence-electron chi connectivity index (χ0n) is 13.4. The van der Waals surface area contributed by atoms with Crippen LogP contribution in [0.2, 0.25) is 0 Å². The number of hydrogen-bond donors (Lipinski definition) is 1. The van der Waals surface area contributed by atoms with Gasteiger partial charge < -0.3 is 10.1 Å². The molecule has 0 spiro atoms. The van der Waals surface area contributed by atoms with Gasteiger partial charge in [-0.1, -0.05) is 27.7 Å². The molecule has 1 saturated heterocycles. The summed E-state index contributed by atoms with van der Waals surface area (Å²) in [5.41, 5.74) is 0.307. The van der Waals surface area contributed by atoms with Gasteiger partial charge in [0, 0.05) is 31.2 Å². The molecule has 1 aliphatic carbocycles. The smallest absolute Gasteiger partial charge is 0.0652 e. The molecule has 1 heterocycles. The molecule has 0 radical (unpaired) electrons. The van der Waals surface area contributed by atoms with Crippen molar-refractivity contribution in [3.8, 4) is 0 Å². The third-order valence-electron chi connectivity index (χ3n) is 5.12. The molecule has 0 aromatic rings. The summed E-state index contributed by atoms with van der Waals surface area (Å²) in [6, 6.07) is 1.37. The van der Waals surface area contributed by atoms with Gasteiger partial charge in [0.1, 0.15) is 0 Å². The van der Waals surface area contributed by atoms with E-state index < -0.39 is 0 Å². The van der Waals surface area contributed by atoms with Crippen LogP contribution in [0.15, 0.2) is 0 Å². The number of hydrogen-bond acceptors (Lipinski definition) is 3. The molecule has 1 saturated carbocycles. The van der Waals surface area contributed by atoms with Gasteiger partial charge in [0.25, 0.3) is 0 Å². The van der Waals surface area contributed by atoms with Crippen LogP contribution >= 0.6 is 0 Å². The third-order valence-corrected chi connectivity index (χ3v) is 5.12. The molecule has 3 atom stereocenters. The van der Waals surface area contributed by atoms with E-state index in [1.54, 1.807) is 0 Å². The highest BCUT2D eigenvalue weighted by molar-refractivity contribution is 5.04. The summed E-state index contributed by atoms with van der Waals surface area (Å²) in [7, 11) is 1.86. The lowest BCUT2D eigenvalue weighted by Gasteiger charge is -2.55. The fraction of sp³-hybridized carbons (Fsp3) is 1.00. The fourth-order valence-electron chi connectivity index (χ4n) is 3.92. The summed E-state index contributed by atoms with van der Waals surface area (Å²) in [5, 5.41) is 3.73. The number of nitrogens with one attached hydrogen (secondary N) is 1. The maximum Gasteiger partial charge on any atom is 0.0652 e. The van der Waals surface area contributed by atoms with Gasteiger partial charge in [0.15, 0.2) is 0 Å². The summed E-state index contributed by atoms with van der Waals surface area (Å²) in [4.78, 5) is 2.72. The van der Waals surface area contributed by atoms with E-state index in [2.05, 4.69) is 37.9 Å². The van der Waals surface area contributed by atoms with Crippen LogP contribution in [0.3, 0.4) is 0 Å². The monoisotopic (exact) mass is 268 g/mol. The van der Waals surface area contributed by atoms with Crippen LogP contribution < -0.4 is 5.32 Å². The first-order valence-electron chi connectivity index (χ1n) is 7.95. The lowest BCUT2D eigenvalue weighted by molar-refractivity contribution is -0.138. The quantitative estimate of drug-likeness (QED) is 0.848. The third kappa shape index (κ3) is 3.32. The van der Waals surface area contributed by atoms with Crippen molar-refractivity contribution in [3.63, 3.8) is 0 Å². The molecule has 0 amide bonds. The molecule has 1 aliphatic heterocycles. The van der Waals surface area contributed by atoms with Gasteiger partial charge in [-0.3, -0.25) is 4.90 Å². The predicted octanol–water partition coefficient (Wildman–Crippen LogP) is 2.51. The Hall–Kier alpha value is -0.120. The van der Waals surface area contributed by atoms with Gasteiger partial charge in [-0.2, -0.15) is 0 Å². The zero-order chi connectivity index (χ0) is 14.0. The zero-order valence-corrected chi connectivity index (χ0v) is 13.4. The molecule has 3 nitrogen and oxygen atoms in total. The van der Waals surface area contributed by atoms with E-state index in [1.165, 1.54) is 38.9 Å². The van der Waals surface area contributed by atoms with Crippen molar-refractivity contribution in [3.05, 3.63) is 0 Å². The van der Waals surface area contributed by atoms with Gasteiger partial charge in [-0.15, -0.1) is 0 Å². The SMILES string of the molecule is COC1CC(N2CCCNC(CC(C)C)C2)C1(C)C. The first-order chi connectivity index (χ1) is 8.95. The fourth-order valence-corrected chi connectivity index (χ4v) is 3.92. The van der Waals surface area contributed by atoms with Gasteiger partial charge in [-0.05, 0) is 38.3 Å². The van der Waals surface area contributed by atoms with Crippen molar-refractivity contribution in [2.24, 2.45) is 11.3 Å². The molecule has 2 rings (SSSR count). The molecule has 3 unspecified atom stereocenters. The topological polar surface area (TPSA) is 24.5 Å². The highest BCUT2D eigenvalue weighted by atomic mass is 16.5. The minimum absolute atomic E-state index is 0.307. The Morgan fingerprint density at radius 1 is 1.37 bits per heavy atom. The molecule has 0 aromatic carbocycles. The number of methoxy groups -OCH3 is 1.